The molecule has 1 aromatic carbocycles. The highest BCUT2D eigenvalue weighted by molar-refractivity contribution is 7.16. The summed E-state index contributed by atoms with van der Waals surface area (Å²) in [6.45, 7) is 14.1. The van der Waals surface area contributed by atoms with Gasteiger partial charge in [-0.05, 0) is 65.6 Å². The van der Waals surface area contributed by atoms with Gasteiger partial charge >= 0.3 is 0 Å². The number of nitrogens with two attached hydrogens (primary N) is 1. The molecule has 4 rings (SSSR count). The fourth-order valence-corrected chi connectivity index (χ4v) is 6.78. The number of hydrogen-bond donors (Lipinski definition) is 1. The first-order valence-electron chi connectivity index (χ1n) is 12.8. The van der Waals surface area contributed by atoms with E-state index in [0.29, 0.717) is 11.6 Å². The number of hydrogen-bond acceptors (Lipinski definition) is 5. The van der Waals surface area contributed by atoms with Gasteiger partial charge in [0.1, 0.15) is 12.3 Å². The van der Waals surface area contributed by atoms with Crippen molar-refractivity contribution in [1.29, 1.82) is 0 Å². The normalized spacial score (nSPS) is 12.2. The third-order valence-electron chi connectivity index (χ3n) is 6.13. The Morgan fingerprint density at radius 1 is 1.03 bits per heavy atom. The Morgan fingerprint density at radius 2 is 1.79 bits per heavy atom. The van der Waals surface area contributed by atoms with E-state index in [1.165, 1.54) is 20.2 Å². The largest absolute Gasteiger partial charge is 0.493 e. The molecular weight excluding hydrogens is 534 g/mol. The minimum absolute atomic E-state index is 0.0234. The van der Waals surface area contributed by atoms with Crippen LogP contribution in [0.4, 0.5) is 0 Å². The minimum atomic E-state index is -0.403. The van der Waals surface area contributed by atoms with Crippen molar-refractivity contribution >= 4 is 40.2 Å². The quantitative estimate of drug-likeness (QED) is 0.207. The maximum atomic E-state index is 11.3. The molecule has 0 saturated carbocycles. The van der Waals surface area contributed by atoms with E-state index in [1.807, 2.05) is 24.4 Å². The van der Waals surface area contributed by atoms with Crippen molar-refractivity contribution in [2.24, 2.45) is 5.73 Å². The summed E-state index contributed by atoms with van der Waals surface area (Å²) in [6.07, 6.45) is 5.48. The second-order valence-electron chi connectivity index (χ2n) is 11.6. The Hall–Kier alpha value is -2.61. The lowest BCUT2D eigenvalue weighted by atomic mass is 9.90. The van der Waals surface area contributed by atoms with E-state index in [0.717, 1.165) is 34.6 Å². The van der Waals surface area contributed by atoms with Gasteiger partial charge in [0.2, 0.25) is 5.91 Å². The molecule has 0 fully saturated rings. The van der Waals surface area contributed by atoms with Crippen LogP contribution in [0.15, 0.2) is 48.8 Å². The van der Waals surface area contributed by atoms with Crippen molar-refractivity contribution < 1.29 is 9.53 Å². The highest BCUT2D eigenvalue weighted by Gasteiger charge is 2.23. The lowest BCUT2D eigenvalue weighted by molar-refractivity contribution is -0.118. The zero-order valence-electron chi connectivity index (χ0n) is 22.9. The van der Waals surface area contributed by atoms with Gasteiger partial charge in [-0.25, -0.2) is 0 Å². The first-order valence-corrected chi connectivity index (χ1v) is 14.8. The third-order valence-corrected chi connectivity index (χ3v) is 9.56. The maximum absolute atomic E-state index is 11.3. The minimum Gasteiger partial charge on any atom is -0.493 e. The summed E-state index contributed by atoms with van der Waals surface area (Å²) in [4.78, 5) is 16.3. The molecule has 5 nitrogen and oxygen atoms in total. The Labute approximate surface area is 238 Å². The molecule has 202 valence electrons. The third kappa shape index (κ3) is 6.87. The Morgan fingerprint density at radius 3 is 2.45 bits per heavy atom. The fourth-order valence-electron chi connectivity index (χ4n) is 4.28. The summed E-state index contributed by atoms with van der Waals surface area (Å²) in [5.41, 5.74) is 8.82. The van der Waals surface area contributed by atoms with Crippen LogP contribution in [0.25, 0.3) is 20.9 Å². The van der Waals surface area contributed by atoms with Crippen LogP contribution in [-0.2, 0) is 28.6 Å². The Balaban J connectivity index is 1.47. The number of primary amides is 1. The van der Waals surface area contributed by atoms with E-state index in [9.17, 15) is 4.79 Å². The van der Waals surface area contributed by atoms with Crippen molar-refractivity contribution in [3.05, 3.63) is 69.1 Å². The molecular formula is C30H36ClN3O2S2. The number of amides is 1. The highest BCUT2D eigenvalue weighted by atomic mass is 35.5. The number of carbonyl (C=O) groups excluding carboxylic acids is 1. The molecule has 4 aromatic rings. The average Bonchev–Trinajstić information content (AvgIpc) is 3.55. The van der Waals surface area contributed by atoms with Gasteiger partial charge in [0.05, 0.1) is 12.8 Å². The topological polar surface area (TPSA) is 70.1 Å². The molecule has 0 aliphatic rings. The number of aromatic nitrogens is 2. The molecule has 0 unspecified atom stereocenters. The van der Waals surface area contributed by atoms with Crippen LogP contribution in [0.2, 0.25) is 5.02 Å². The summed E-state index contributed by atoms with van der Waals surface area (Å²) in [6, 6.07) is 12.5. The molecule has 3 heterocycles. The van der Waals surface area contributed by atoms with E-state index in [2.05, 4.69) is 64.8 Å². The summed E-state index contributed by atoms with van der Waals surface area (Å²) in [5, 5.41) is 5.00. The van der Waals surface area contributed by atoms with Crippen molar-refractivity contribution in [3.8, 4) is 26.6 Å². The number of ether oxygens (including phenoxy) is 1. The number of thiophene rings is 2. The highest BCUT2D eigenvalue weighted by Crippen LogP contribution is 2.41. The maximum Gasteiger partial charge on any atom is 0.239 e. The lowest BCUT2D eigenvalue weighted by Crippen LogP contribution is -2.18. The summed E-state index contributed by atoms with van der Waals surface area (Å²) >= 11 is 9.95. The molecule has 3 aromatic heterocycles. The van der Waals surface area contributed by atoms with Crippen LogP contribution < -0.4 is 10.5 Å². The summed E-state index contributed by atoms with van der Waals surface area (Å²) < 4.78 is 7.90. The zero-order chi connectivity index (χ0) is 27.7. The number of halogens is 1. The van der Waals surface area contributed by atoms with Gasteiger partial charge in [0.15, 0.2) is 0 Å². The van der Waals surface area contributed by atoms with Crippen LogP contribution in [0.3, 0.4) is 0 Å². The predicted octanol–water partition coefficient (Wildman–Crippen LogP) is 8.09. The Bertz CT molecular complexity index is 1420. The molecule has 0 aliphatic heterocycles. The molecule has 0 atom stereocenters. The predicted molar refractivity (Wildman–Crippen MR) is 161 cm³/mol. The van der Waals surface area contributed by atoms with E-state index in [4.69, 9.17) is 22.1 Å². The second kappa shape index (κ2) is 11.2. The van der Waals surface area contributed by atoms with Crippen molar-refractivity contribution in [2.45, 2.75) is 71.8 Å². The molecule has 1 amide bonds. The van der Waals surface area contributed by atoms with E-state index < -0.39 is 5.91 Å². The van der Waals surface area contributed by atoms with Crippen LogP contribution in [0.1, 0.15) is 63.3 Å². The van der Waals surface area contributed by atoms with Gasteiger partial charge in [-0.15, -0.1) is 22.7 Å². The van der Waals surface area contributed by atoms with Crippen LogP contribution >= 0.6 is 34.3 Å². The SMILES string of the molecule is CC(C)(C)c1ccc(-c2cc(Cl)ccc2OCCCc2cc(-c3cnn(CC(N)=O)c3)sc2C(C)(C)C)s1. The van der Waals surface area contributed by atoms with Crippen molar-refractivity contribution in [2.75, 3.05) is 6.61 Å². The molecule has 0 radical (unpaired) electrons. The average molecular weight is 570 g/mol. The smallest absolute Gasteiger partial charge is 0.239 e. The molecule has 0 bridgehead atoms. The second-order valence-corrected chi connectivity index (χ2v) is 14.2. The van der Waals surface area contributed by atoms with Gasteiger partial charge in [-0.2, -0.15) is 5.10 Å². The number of rotatable bonds is 9. The van der Waals surface area contributed by atoms with Gasteiger partial charge in [0, 0.05) is 41.9 Å². The fraction of sp³-hybridized carbons (Fsp3) is 0.400. The lowest BCUT2D eigenvalue weighted by Gasteiger charge is -2.19. The van der Waals surface area contributed by atoms with Crippen molar-refractivity contribution in [3.63, 3.8) is 0 Å². The van der Waals surface area contributed by atoms with E-state index in [-0.39, 0.29) is 17.4 Å². The molecule has 38 heavy (non-hydrogen) atoms. The molecule has 8 heteroatoms. The molecule has 2 N–H and O–H groups in total. The van der Waals surface area contributed by atoms with Crippen LogP contribution in [0, 0.1) is 0 Å². The zero-order valence-corrected chi connectivity index (χ0v) is 25.3. The summed E-state index contributed by atoms with van der Waals surface area (Å²) in [5.74, 6) is 0.458. The van der Waals surface area contributed by atoms with Gasteiger partial charge in [0.25, 0.3) is 0 Å². The molecule has 0 spiro atoms. The van der Waals surface area contributed by atoms with Crippen molar-refractivity contribution in [1.82, 2.24) is 9.78 Å². The molecule has 0 aliphatic carbocycles. The Kier molecular flexibility index (Phi) is 8.40. The van der Waals surface area contributed by atoms with Gasteiger partial charge in [-0.3, -0.25) is 9.48 Å². The monoisotopic (exact) mass is 569 g/mol. The number of aryl methyl sites for hydroxylation is 1. The first-order chi connectivity index (χ1) is 17.8. The van der Waals surface area contributed by atoms with Crippen LogP contribution in [-0.4, -0.2) is 22.3 Å². The van der Waals surface area contributed by atoms with Gasteiger partial charge < -0.3 is 10.5 Å². The summed E-state index contributed by atoms with van der Waals surface area (Å²) in [7, 11) is 0. The number of nitrogens with zero attached hydrogens (tertiary/aromatic N) is 2. The number of benzene rings is 1. The van der Waals surface area contributed by atoms with E-state index in [1.54, 1.807) is 33.6 Å². The van der Waals surface area contributed by atoms with E-state index >= 15 is 0 Å². The standard InChI is InChI=1S/C30H36ClN3O2S2/c1-29(2,3)26-12-11-24(37-26)22-15-21(31)9-10-23(22)36-13-7-8-19-14-25(38-28(19)30(4,5)6)20-16-33-34(17-20)18-27(32)35/h9-12,14-17H,7-8,13,18H2,1-6H3,(H2,32,35). The molecule has 0 saturated heterocycles. The van der Waals surface area contributed by atoms with Gasteiger partial charge in [-0.1, -0.05) is 53.1 Å². The first kappa shape index (κ1) is 28.4. The van der Waals surface area contributed by atoms with Crippen LogP contribution in [0.5, 0.6) is 5.75 Å². The number of carbonyl (C=O) groups is 1.